The molecule has 1 saturated heterocycles. The number of carbonyl (C=O) groups excluding carboxylic acids is 1. The number of hydrogen-bond donors (Lipinski definition) is 2. The van der Waals surface area contributed by atoms with E-state index >= 15 is 0 Å². The second-order valence-corrected chi connectivity index (χ2v) is 10.9. The lowest BCUT2D eigenvalue weighted by Gasteiger charge is -2.33. The van der Waals surface area contributed by atoms with Gasteiger partial charge in [-0.05, 0) is 25.2 Å². The fourth-order valence-corrected chi connectivity index (χ4v) is 6.27. The molecule has 1 aliphatic carbocycles. The van der Waals surface area contributed by atoms with Crippen molar-refractivity contribution in [1.82, 2.24) is 9.88 Å². The number of benzene rings is 1. The van der Waals surface area contributed by atoms with Gasteiger partial charge in [0.2, 0.25) is 5.91 Å². The Bertz CT molecular complexity index is 878. The Hall–Kier alpha value is -1.48. The Balaban J connectivity index is 1.18. The normalized spacial score (nSPS) is 19.4. The number of nitrogens with one attached hydrogen (secondary N) is 2. The van der Waals surface area contributed by atoms with Gasteiger partial charge in [-0.15, -0.1) is 11.3 Å². The third-order valence-corrected chi connectivity index (χ3v) is 8.34. The van der Waals surface area contributed by atoms with E-state index in [1.807, 2.05) is 0 Å². The largest absolute Gasteiger partial charge is 0.346 e. The van der Waals surface area contributed by atoms with Crippen LogP contribution in [-0.2, 0) is 24.2 Å². The molecule has 1 aromatic heterocycles. The van der Waals surface area contributed by atoms with Crippen molar-refractivity contribution in [2.45, 2.75) is 32.7 Å². The van der Waals surface area contributed by atoms with Crippen LogP contribution < -0.4 is 10.2 Å². The zero-order valence-electron chi connectivity index (χ0n) is 17.4. The molecule has 0 unspecified atom stereocenters. The quantitative estimate of drug-likeness (QED) is 0.671. The second kappa shape index (κ2) is 10.2. The van der Waals surface area contributed by atoms with E-state index in [1.54, 1.807) is 16.2 Å². The number of carbonyl (C=O) groups is 1. The Morgan fingerprint density at radius 1 is 1.33 bits per heavy atom. The summed E-state index contributed by atoms with van der Waals surface area (Å²) in [5.41, 5.74) is 2.56. The Labute approximate surface area is 192 Å². The van der Waals surface area contributed by atoms with Crippen LogP contribution in [0.3, 0.4) is 0 Å². The molecule has 1 amide bonds. The van der Waals surface area contributed by atoms with Gasteiger partial charge < -0.3 is 15.1 Å². The van der Waals surface area contributed by atoms with Gasteiger partial charge in [-0.3, -0.25) is 4.79 Å². The van der Waals surface area contributed by atoms with Crippen LogP contribution >= 0.6 is 35.3 Å². The molecule has 0 spiro atoms. The van der Waals surface area contributed by atoms with Gasteiger partial charge in [0.25, 0.3) is 0 Å². The zero-order valence-corrected chi connectivity index (χ0v) is 19.8. The maximum Gasteiger partial charge on any atom is 0.236 e. The summed E-state index contributed by atoms with van der Waals surface area (Å²) in [7, 11) is 0. The summed E-state index contributed by atoms with van der Waals surface area (Å²) in [5.74, 6) is 1.04. The number of amides is 1. The van der Waals surface area contributed by atoms with Gasteiger partial charge in [-0.1, -0.05) is 61.2 Å². The minimum atomic E-state index is -0.0187. The van der Waals surface area contributed by atoms with Gasteiger partial charge in [0, 0.05) is 10.4 Å². The maximum absolute atomic E-state index is 12.4. The van der Waals surface area contributed by atoms with Crippen molar-refractivity contribution in [2.24, 2.45) is 5.92 Å². The number of thiocarbonyl (C=S) groups is 1. The highest BCUT2D eigenvalue weighted by atomic mass is 32.2. The highest BCUT2D eigenvalue weighted by Crippen LogP contribution is 2.32. The summed E-state index contributed by atoms with van der Waals surface area (Å²) in [6.07, 6.45) is 3.30. The average molecular weight is 462 g/mol. The molecule has 0 saturated carbocycles. The third kappa shape index (κ3) is 5.81. The molecule has 1 atom stereocenters. The molecular weight excluding hydrogens is 432 g/mol. The molecule has 2 heterocycles. The van der Waals surface area contributed by atoms with Crippen LogP contribution in [0.2, 0.25) is 0 Å². The van der Waals surface area contributed by atoms with Gasteiger partial charge in [0.1, 0.15) is 10.9 Å². The predicted octanol–water partition coefficient (Wildman–Crippen LogP) is 2.63. The number of anilines is 1. The first kappa shape index (κ1) is 21.7. The van der Waals surface area contributed by atoms with Crippen LogP contribution in [0.4, 0.5) is 5.13 Å². The minimum Gasteiger partial charge on any atom is -0.346 e. The summed E-state index contributed by atoms with van der Waals surface area (Å²) in [6, 6.07) is 10.6. The molecule has 1 aliphatic heterocycles. The van der Waals surface area contributed by atoms with Crippen molar-refractivity contribution >= 4 is 50.7 Å². The van der Waals surface area contributed by atoms with Crippen molar-refractivity contribution in [3.63, 3.8) is 0 Å². The Morgan fingerprint density at radius 3 is 2.87 bits per heavy atom. The third-order valence-electron chi connectivity index (χ3n) is 5.78. The summed E-state index contributed by atoms with van der Waals surface area (Å²) < 4.78 is 0.830. The molecule has 0 radical (unpaired) electrons. The lowest BCUT2D eigenvalue weighted by molar-refractivity contribution is -0.917. The van der Waals surface area contributed by atoms with Crippen molar-refractivity contribution in [1.29, 1.82) is 0 Å². The summed E-state index contributed by atoms with van der Waals surface area (Å²) in [4.78, 5) is 22.2. The zero-order chi connectivity index (χ0) is 20.9. The van der Waals surface area contributed by atoms with E-state index in [0.717, 1.165) is 55.0 Å². The van der Waals surface area contributed by atoms with Crippen molar-refractivity contribution in [2.75, 3.05) is 37.2 Å². The predicted molar refractivity (Wildman–Crippen MR) is 129 cm³/mol. The molecular formula is C22H29N4OS3+. The molecule has 1 fully saturated rings. The highest BCUT2D eigenvalue weighted by molar-refractivity contribution is 8.23. The monoisotopic (exact) mass is 461 g/mol. The van der Waals surface area contributed by atoms with Gasteiger partial charge in [0.05, 0.1) is 37.6 Å². The number of nitrogens with zero attached hydrogens (tertiary/aromatic N) is 2. The Morgan fingerprint density at radius 2 is 2.10 bits per heavy atom. The molecule has 0 bridgehead atoms. The molecule has 30 heavy (non-hydrogen) atoms. The molecule has 2 aromatic rings. The van der Waals surface area contributed by atoms with Gasteiger partial charge in [0.15, 0.2) is 5.13 Å². The van der Waals surface area contributed by atoms with Crippen molar-refractivity contribution < 1.29 is 9.69 Å². The molecule has 8 heteroatoms. The topological polar surface area (TPSA) is 49.7 Å². The van der Waals surface area contributed by atoms with Crippen LogP contribution in [0.15, 0.2) is 30.3 Å². The molecule has 160 valence electrons. The van der Waals surface area contributed by atoms with E-state index in [0.29, 0.717) is 11.7 Å². The van der Waals surface area contributed by atoms with Crippen LogP contribution in [0.25, 0.3) is 0 Å². The van der Waals surface area contributed by atoms with Gasteiger partial charge in [-0.25, -0.2) is 4.98 Å². The molecule has 2 N–H and O–H groups in total. The summed E-state index contributed by atoms with van der Waals surface area (Å²) in [5, 5.41) is 3.71. The number of fused-ring (bicyclic) bond motifs is 1. The number of quaternary nitrogens is 1. The SMILES string of the molecule is C[C@@H]1CCc2nc(NC(=O)CSC(=S)N3CC[NH+](Cc4ccccc4)CC3)sc2C1. The number of thioether (sulfide) groups is 1. The van der Waals surface area contributed by atoms with Crippen molar-refractivity contribution in [3.8, 4) is 0 Å². The fraction of sp³-hybridized carbons (Fsp3) is 0.500. The minimum absolute atomic E-state index is 0.0187. The van der Waals surface area contributed by atoms with Crippen molar-refractivity contribution in [3.05, 3.63) is 46.5 Å². The van der Waals surface area contributed by atoms with E-state index in [4.69, 9.17) is 12.2 Å². The number of aromatic nitrogens is 1. The van der Waals surface area contributed by atoms with E-state index in [-0.39, 0.29) is 5.91 Å². The smallest absolute Gasteiger partial charge is 0.236 e. The van der Waals surface area contributed by atoms with E-state index < -0.39 is 0 Å². The first-order valence-corrected chi connectivity index (χ1v) is 12.9. The summed E-state index contributed by atoms with van der Waals surface area (Å²) >= 11 is 8.69. The number of aryl methyl sites for hydroxylation is 1. The first-order chi connectivity index (χ1) is 14.6. The average Bonchev–Trinajstić information content (AvgIpc) is 3.14. The van der Waals surface area contributed by atoms with E-state index in [1.165, 1.54) is 34.3 Å². The van der Waals surface area contributed by atoms with Gasteiger partial charge >= 0.3 is 0 Å². The summed E-state index contributed by atoms with van der Waals surface area (Å²) in [6.45, 7) is 7.39. The number of hydrogen-bond acceptors (Lipinski definition) is 5. The number of piperazine rings is 1. The lowest BCUT2D eigenvalue weighted by Crippen LogP contribution is -3.13. The van der Waals surface area contributed by atoms with E-state index in [9.17, 15) is 4.79 Å². The Kier molecular flexibility index (Phi) is 7.41. The van der Waals surface area contributed by atoms with Crippen LogP contribution in [0.5, 0.6) is 0 Å². The highest BCUT2D eigenvalue weighted by Gasteiger charge is 2.23. The second-order valence-electron chi connectivity index (χ2n) is 8.24. The standard InChI is InChI=1S/C22H28N4OS3/c1-16-7-8-18-19(13-16)30-21(23-18)24-20(27)15-29-22(28)26-11-9-25(10-12-26)14-17-5-3-2-4-6-17/h2-6,16H,7-15H2,1H3,(H,23,24,27)/p+1/t16-/m1/s1. The van der Waals surface area contributed by atoms with E-state index in [2.05, 4.69) is 52.5 Å². The molecule has 5 nitrogen and oxygen atoms in total. The molecule has 1 aromatic carbocycles. The van der Waals surface area contributed by atoms with Crippen LogP contribution in [0, 0.1) is 5.92 Å². The van der Waals surface area contributed by atoms with Crippen LogP contribution in [-0.4, -0.2) is 52.0 Å². The maximum atomic E-state index is 12.4. The lowest BCUT2D eigenvalue weighted by atomic mass is 9.93. The van der Waals surface area contributed by atoms with Crippen LogP contribution in [0.1, 0.15) is 29.5 Å². The number of thiazole rings is 1. The fourth-order valence-electron chi connectivity index (χ4n) is 4.03. The molecule has 2 aliphatic rings. The molecule has 4 rings (SSSR count). The number of rotatable bonds is 5. The van der Waals surface area contributed by atoms with Gasteiger partial charge in [-0.2, -0.15) is 0 Å². The first-order valence-electron chi connectivity index (χ1n) is 10.6.